The van der Waals surface area contributed by atoms with Gasteiger partial charge in [-0.15, -0.1) is 0 Å². The van der Waals surface area contributed by atoms with Crippen molar-refractivity contribution in [3.63, 3.8) is 0 Å². The highest BCUT2D eigenvalue weighted by Crippen LogP contribution is 2.30. The molecule has 1 fully saturated rings. The molecule has 1 aliphatic heterocycles. The van der Waals surface area contributed by atoms with E-state index in [0.717, 1.165) is 0 Å². The van der Waals surface area contributed by atoms with E-state index in [-0.39, 0.29) is 29.2 Å². The van der Waals surface area contributed by atoms with Crippen LogP contribution in [0.3, 0.4) is 0 Å². The lowest BCUT2D eigenvalue weighted by atomic mass is 10.3. The minimum absolute atomic E-state index is 0.0620. The van der Waals surface area contributed by atoms with Gasteiger partial charge in [-0.1, -0.05) is 42.4 Å². The van der Waals surface area contributed by atoms with Gasteiger partial charge in [0.2, 0.25) is 0 Å². The molecule has 2 aromatic carbocycles. The third-order valence-corrected chi connectivity index (χ3v) is 5.07. The summed E-state index contributed by atoms with van der Waals surface area (Å²) in [5, 5.41) is 12.4. The molecule has 2 aromatic rings. The Morgan fingerprint density at radius 3 is 2.74 bits per heavy atom. The fraction of sp³-hybridized carbons (Fsp3) is 0.222. The smallest absolute Gasteiger partial charge is 0.310 e. The Labute approximate surface area is 165 Å². The lowest BCUT2D eigenvalue weighted by Crippen LogP contribution is -2.36. The molecule has 1 saturated heterocycles. The number of aliphatic imine (C=N–C) groups is 1. The number of para-hydroxylation sites is 2. The molecule has 0 saturated carbocycles. The van der Waals surface area contributed by atoms with Gasteiger partial charge >= 0.3 is 5.69 Å². The molecule has 0 aliphatic carbocycles. The SMILES string of the molecule is C[C@H]1CN(C(=O)COc2ccccc2[N+](=O)[O-])C(=Nc2ccc(Cl)cc2)S1. The lowest BCUT2D eigenvalue weighted by Gasteiger charge is -2.16. The van der Waals surface area contributed by atoms with Gasteiger partial charge in [-0.05, 0) is 30.3 Å². The predicted octanol–water partition coefficient (Wildman–Crippen LogP) is 4.28. The summed E-state index contributed by atoms with van der Waals surface area (Å²) in [7, 11) is 0. The summed E-state index contributed by atoms with van der Waals surface area (Å²) < 4.78 is 5.41. The van der Waals surface area contributed by atoms with E-state index in [2.05, 4.69) is 4.99 Å². The van der Waals surface area contributed by atoms with Crippen LogP contribution in [-0.2, 0) is 4.79 Å². The molecule has 7 nitrogen and oxygen atoms in total. The van der Waals surface area contributed by atoms with E-state index in [0.29, 0.717) is 22.4 Å². The van der Waals surface area contributed by atoms with Gasteiger partial charge in [0.1, 0.15) is 0 Å². The van der Waals surface area contributed by atoms with Crippen molar-refractivity contribution in [2.24, 2.45) is 4.99 Å². The molecule has 0 N–H and O–H groups in total. The molecule has 0 unspecified atom stereocenters. The number of benzene rings is 2. The molecule has 1 amide bonds. The molecule has 1 aliphatic rings. The van der Waals surface area contributed by atoms with Crippen molar-refractivity contribution in [1.82, 2.24) is 4.90 Å². The van der Waals surface area contributed by atoms with E-state index < -0.39 is 4.92 Å². The Kier molecular flexibility index (Phi) is 5.98. The minimum Gasteiger partial charge on any atom is -0.477 e. The third kappa shape index (κ3) is 4.78. The van der Waals surface area contributed by atoms with Crippen molar-refractivity contribution in [1.29, 1.82) is 0 Å². The fourth-order valence-electron chi connectivity index (χ4n) is 2.48. The maximum absolute atomic E-state index is 12.6. The fourth-order valence-corrected chi connectivity index (χ4v) is 3.66. The molecular formula is C18H16ClN3O4S. The Balaban J connectivity index is 1.73. The van der Waals surface area contributed by atoms with Crippen molar-refractivity contribution >= 4 is 45.8 Å². The van der Waals surface area contributed by atoms with Crippen molar-refractivity contribution < 1.29 is 14.5 Å². The normalized spacial score (nSPS) is 17.9. The number of hydrogen-bond acceptors (Lipinski definition) is 6. The van der Waals surface area contributed by atoms with Gasteiger partial charge in [-0.25, -0.2) is 4.99 Å². The number of carbonyl (C=O) groups is 1. The lowest BCUT2D eigenvalue weighted by molar-refractivity contribution is -0.385. The van der Waals surface area contributed by atoms with Crippen molar-refractivity contribution in [2.75, 3.05) is 13.2 Å². The van der Waals surface area contributed by atoms with E-state index in [1.165, 1.54) is 23.9 Å². The van der Waals surface area contributed by atoms with E-state index in [1.807, 2.05) is 6.92 Å². The topological polar surface area (TPSA) is 85.0 Å². The first-order valence-electron chi connectivity index (χ1n) is 8.11. The first-order valence-corrected chi connectivity index (χ1v) is 9.37. The molecule has 0 aromatic heterocycles. The monoisotopic (exact) mass is 405 g/mol. The Morgan fingerprint density at radius 2 is 2.04 bits per heavy atom. The second kappa shape index (κ2) is 8.41. The van der Waals surface area contributed by atoms with Gasteiger partial charge in [0.05, 0.1) is 10.6 Å². The van der Waals surface area contributed by atoms with Crippen molar-refractivity contribution in [2.45, 2.75) is 12.2 Å². The number of halogens is 1. The zero-order valence-corrected chi connectivity index (χ0v) is 15.9. The van der Waals surface area contributed by atoms with Crippen LogP contribution < -0.4 is 4.74 Å². The first kappa shape index (κ1) is 19.2. The zero-order valence-electron chi connectivity index (χ0n) is 14.4. The van der Waals surface area contributed by atoms with E-state index >= 15 is 0 Å². The molecule has 1 heterocycles. The standard InChI is InChI=1S/C18H16ClN3O4S/c1-12-10-21(18(27-12)20-14-8-6-13(19)7-9-14)17(23)11-26-16-5-3-2-4-15(16)22(24)25/h2-9,12H,10-11H2,1H3/t12-/m0/s1. The summed E-state index contributed by atoms with van der Waals surface area (Å²) in [5.41, 5.74) is 0.512. The summed E-state index contributed by atoms with van der Waals surface area (Å²) in [6.07, 6.45) is 0. The summed E-state index contributed by atoms with van der Waals surface area (Å²) in [6.45, 7) is 2.19. The van der Waals surface area contributed by atoms with Gasteiger partial charge in [0.15, 0.2) is 17.5 Å². The summed E-state index contributed by atoms with van der Waals surface area (Å²) in [5.74, 6) is -0.246. The van der Waals surface area contributed by atoms with Crippen LogP contribution in [0.2, 0.25) is 5.02 Å². The maximum atomic E-state index is 12.6. The number of hydrogen-bond donors (Lipinski definition) is 0. The van der Waals surface area contributed by atoms with Gasteiger partial charge < -0.3 is 4.74 Å². The number of nitro groups is 1. The van der Waals surface area contributed by atoms with Crippen LogP contribution >= 0.6 is 23.4 Å². The van der Waals surface area contributed by atoms with Crippen LogP contribution in [0, 0.1) is 10.1 Å². The molecule has 0 spiro atoms. The van der Waals surface area contributed by atoms with Crippen LogP contribution in [0.25, 0.3) is 0 Å². The Bertz CT molecular complexity index is 888. The average molecular weight is 406 g/mol. The number of nitro benzene ring substituents is 1. The molecule has 0 radical (unpaired) electrons. The van der Waals surface area contributed by atoms with Gasteiger partial charge in [-0.3, -0.25) is 19.8 Å². The maximum Gasteiger partial charge on any atom is 0.310 e. The molecule has 0 bridgehead atoms. The number of ether oxygens (including phenoxy) is 1. The highest BCUT2D eigenvalue weighted by molar-refractivity contribution is 8.14. The predicted molar refractivity (Wildman–Crippen MR) is 106 cm³/mol. The zero-order chi connectivity index (χ0) is 19.4. The van der Waals surface area contributed by atoms with Crippen LogP contribution in [-0.4, -0.2) is 39.3 Å². The highest BCUT2D eigenvalue weighted by Gasteiger charge is 2.31. The highest BCUT2D eigenvalue weighted by atomic mass is 35.5. The van der Waals surface area contributed by atoms with Crippen LogP contribution in [0.4, 0.5) is 11.4 Å². The number of rotatable bonds is 5. The molecule has 140 valence electrons. The molecule has 9 heteroatoms. The first-order chi connectivity index (χ1) is 12.9. The second-order valence-corrected chi connectivity index (χ2v) is 7.66. The van der Waals surface area contributed by atoms with Gasteiger partial charge in [-0.2, -0.15) is 0 Å². The van der Waals surface area contributed by atoms with Crippen LogP contribution in [0.5, 0.6) is 5.75 Å². The van der Waals surface area contributed by atoms with Crippen molar-refractivity contribution in [3.8, 4) is 5.75 Å². The van der Waals surface area contributed by atoms with Gasteiger partial charge in [0.25, 0.3) is 5.91 Å². The molecule has 3 rings (SSSR count). The number of thioether (sulfide) groups is 1. The van der Waals surface area contributed by atoms with E-state index in [1.54, 1.807) is 41.3 Å². The number of amidine groups is 1. The number of nitrogens with zero attached hydrogens (tertiary/aromatic N) is 3. The quantitative estimate of drug-likeness (QED) is 0.547. The summed E-state index contributed by atoms with van der Waals surface area (Å²) in [6, 6.07) is 13.0. The molecule has 1 atom stereocenters. The Morgan fingerprint density at radius 1 is 1.33 bits per heavy atom. The number of carbonyl (C=O) groups excluding carboxylic acids is 1. The second-order valence-electron chi connectivity index (χ2n) is 5.82. The van der Waals surface area contributed by atoms with E-state index in [9.17, 15) is 14.9 Å². The van der Waals surface area contributed by atoms with Gasteiger partial charge in [0, 0.05) is 22.9 Å². The summed E-state index contributed by atoms with van der Waals surface area (Å²) in [4.78, 5) is 29.2. The van der Waals surface area contributed by atoms with Crippen molar-refractivity contribution in [3.05, 3.63) is 63.7 Å². The third-order valence-electron chi connectivity index (χ3n) is 3.74. The Hall–Kier alpha value is -2.58. The molecular weight excluding hydrogens is 390 g/mol. The average Bonchev–Trinajstić information content (AvgIpc) is 3.02. The summed E-state index contributed by atoms with van der Waals surface area (Å²) >= 11 is 7.37. The minimum atomic E-state index is -0.541. The van der Waals surface area contributed by atoms with Crippen LogP contribution in [0.15, 0.2) is 53.5 Å². The number of amides is 1. The molecule has 27 heavy (non-hydrogen) atoms. The van der Waals surface area contributed by atoms with E-state index in [4.69, 9.17) is 16.3 Å². The largest absolute Gasteiger partial charge is 0.477 e. The van der Waals surface area contributed by atoms with Crippen LogP contribution in [0.1, 0.15) is 6.92 Å².